The van der Waals surface area contributed by atoms with E-state index in [1.54, 1.807) is 43.6 Å². The van der Waals surface area contributed by atoms with Gasteiger partial charge in [0.05, 0.1) is 18.4 Å². The Balaban J connectivity index is 1.54. The number of benzene rings is 2. The maximum absolute atomic E-state index is 13.2. The van der Waals surface area contributed by atoms with Gasteiger partial charge in [-0.3, -0.25) is 14.6 Å². The van der Waals surface area contributed by atoms with Crippen molar-refractivity contribution < 1.29 is 19.4 Å². The summed E-state index contributed by atoms with van der Waals surface area (Å²) in [5, 5.41) is 12.1. The molecule has 2 N–H and O–H groups in total. The Bertz CT molecular complexity index is 1440. The topological polar surface area (TPSA) is 95.5 Å². The number of fused-ring (bicyclic) bond motifs is 1. The molecule has 7 heteroatoms. The van der Waals surface area contributed by atoms with Crippen molar-refractivity contribution in [1.82, 2.24) is 14.9 Å². The summed E-state index contributed by atoms with van der Waals surface area (Å²) < 4.78 is 5.36. The minimum atomic E-state index is -0.780. The molecule has 2 aromatic heterocycles. The quantitative estimate of drug-likeness (QED) is 0.247. The fourth-order valence-corrected chi connectivity index (χ4v) is 4.56. The van der Waals surface area contributed by atoms with E-state index in [1.807, 2.05) is 43.5 Å². The van der Waals surface area contributed by atoms with Crippen LogP contribution in [0.25, 0.3) is 16.7 Å². The average Bonchev–Trinajstić information content (AvgIpc) is 3.40. The molecule has 0 aliphatic carbocycles. The van der Waals surface area contributed by atoms with Crippen molar-refractivity contribution in [2.45, 2.75) is 19.4 Å². The van der Waals surface area contributed by atoms with Crippen LogP contribution < -0.4 is 4.74 Å². The second kappa shape index (κ2) is 9.10. The van der Waals surface area contributed by atoms with Crippen LogP contribution in [0.1, 0.15) is 28.4 Å². The van der Waals surface area contributed by atoms with Gasteiger partial charge in [-0.05, 0) is 49.2 Å². The van der Waals surface area contributed by atoms with Crippen molar-refractivity contribution in [1.29, 1.82) is 0 Å². The predicted octanol–water partition coefficient (Wildman–Crippen LogP) is 4.54. The number of aliphatic hydroxyl groups is 1. The zero-order valence-electron chi connectivity index (χ0n) is 19.5. The number of aromatic nitrogens is 2. The zero-order chi connectivity index (χ0) is 24.5. The molecule has 1 aliphatic rings. The molecule has 3 heterocycles. The number of carbonyl (C=O) groups excluding carboxylic acids is 2. The van der Waals surface area contributed by atoms with E-state index in [0.717, 1.165) is 27.8 Å². The normalized spacial score (nSPS) is 17.3. The molecule has 2 aromatic carbocycles. The molecule has 0 bridgehead atoms. The Kier molecular flexibility index (Phi) is 5.82. The summed E-state index contributed by atoms with van der Waals surface area (Å²) >= 11 is 0. The molecule has 176 valence electrons. The molecule has 1 saturated heterocycles. The first-order valence-corrected chi connectivity index (χ1v) is 11.4. The highest BCUT2D eigenvalue weighted by molar-refractivity contribution is 6.46. The number of ether oxygens (including phenoxy) is 1. The summed E-state index contributed by atoms with van der Waals surface area (Å²) in [5.41, 5.74) is 4.05. The number of aryl methyl sites for hydroxylation is 1. The summed E-state index contributed by atoms with van der Waals surface area (Å²) in [6.07, 6.45) is 4.03. The molecule has 0 spiro atoms. The smallest absolute Gasteiger partial charge is 0.295 e. The third kappa shape index (κ3) is 4.05. The minimum Gasteiger partial charge on any atom is -0.507 e. The monoisotopic (exact) mass is 467 g/mol. The first kappa shape index (κ1) is 22.4. The third-order valence-electron chi connectivity index (χ3n) is 6.43. The lowest BCUT2D eigenvalue weighted by atomic mass is 9.98. The van der Waals surface area contributed by atoms with Crippen LogP contribution in [-0.2, 0) is 16.0 Å². The van der Waals surface area contributed by atoms with Crippen LogP contribution in [0, 0.1) is 6.92 Å². The second-order valence-electron chi connectivity index (χ2n) is 8.59. The van der Waals surface area contributed by atoms with Gasteiger partial charge in [0.15, 0.2) is 0 Å². The van der Waals surface area contributed by atoms with Gasteiger partial charge in [-0.25, -0.2) is 0 Å². The average molecular weight is 468 g/mol. The molecular formula is C28H25N3O4. The van der Waals surface area contributed by atoms with E-state index >= 15 is 0 Å². The largest absolute Gasteiger partial charge is 0.507 e. The number of Topliss-reactive ketones (excluding diaryl/α,β-unsaturated/α-hetero) is 1. The fraction of sp³-hybridized carbons (Fsp3) is 0.179. The predicted molar refractivity (Wildman–Crippen MR) is 133 cm³/mol. The van der Waals surface area contributed by atoms with Crippen LogP contribution in [0.15, 0.2) is 78.6 Å². The molecular weight excluding hydrogens is 442 g/mol. The van der Waals surface area contributed by atoms with Crippen LogP contribution in [0.2, 0.25) is 0 Å². The van der Waals surface area contributed by atoms with Gasteiger partial charge in [-0.1, -0.05) is 35.9 Å². The number of carbonyl (C=O) groups is 2. The van der Waals surface area contributed by atoms with Crippen molar-refractivity contribution in [3.8, 4) is 5.75 Å². The Hall–Kier alpha value is -4.39. The Labute approximate surface area is 202 Å². The van der Waals surface area contributed by atoms with E-state index in [2.05, 4.69) is 9.97 Å². The molecule has 1 amide bonds. The highest BCUT2D eigenvalue weighted by Gasteiger charge is 2.46. The number of rotatable bonds is 6. The van der Waals surface area contributed by atoms with E-state index in [9.17, 15) is 14.7 Å². The van der Waals surface area contributed by atoms with Crippen LogP contribution in [0.3, 0.4) is 0 Å². The van der Waals surface area contributed by atoms with Crippen molar-refractivity contribution in [2.75, 3.05) is 13.7 Å². The van der Waals surface area contributed by atoms with Gasteiger partial charge in [0.25, 0.3) is 11.7 Å². The molecule has 5 rings (SSSR count). The summed E-state index contributed by atoms with van der Waals surface area (Å²) in [6.45, 7) is 2.22. The molecule has 1 fully saturated rings. The lowest BCUT2D eigenvalue weighted by Crippen LogP contribution is -2.32. The summed E-state index contributed by atoms with van der Waals surface area (Å²) in [4.78, 5) is 35.5. The Morgan fingerprint density at radius 2 is 1.91 bits per heavy atom. The van der Waals surface area contributed by atoms with Crippen LogP contribution in [0.4, 0.5) is 0 Å². The molecule has 7 nitrogen and oxygen atoms in total. The van der Waals surface area contributed by atoms with Crippen molar-refractivity contribution in [3.63, 3.8) is 0 Å². The van der Waals surface area contributed by atoms with Gasteiger partial charge in [-0.15, -0.1) is 0 Å². The Morgan fingerprint density at radius 1 is 1.11 bits per heavy atom. The maximum Gasteiger partial charge on any atom is 0.295 e. The number of aromatic amines is 1. The van der Waals surface area contributed by atoms with Crippen LogP contribution >= 0.6 is 0 Å². The zero-order valence-corrected chi connectivity index (χ0v) is 19.5. The van der Waals surface area contributed by atoms with Gasteiger partial charge < -0.3 is 19.7 Å². The van der Waals surface area contributed by atoms with E-state index < -0.39 is 17.7 Å². The number of H-pyrrole nitrogens is 1. The number of hydrogen-bond acceptors (Lipinski definition) is 5. The van der Waals surface area contributed by atoms with E-state index in [4.69, 9.17) is 4.74 Å². The van der Waals surface area contributed by atoms with Crippen molar-refractivity contribution in [2.24, 2.45) is 0 Å². The van der Waals surface area contributed by atoms with Gasteiger partial charge >= 0.3 is 0 Å². The van der Waals surface area contributed by atoms with E-state index in [-0.39, 0.29) is 17.9 Å². The number of aliphatic hydroxyl groups excluding tert-OH is 1. The van der Waals surface area contributed by atoms with Crippen LogP contribution in [0.5, 0.6) is 5.75 Å². The van der Waals surface area contributed by atoms with E-state index in [1.165, 1.54) is 4.90 Å². The van der Waals surface area contributed by atoms with Gasteiger partial charge in [0.1, 0.15) is 17.6 Å². The first-order valence-electron chi connectivity index (χ1n) is 11.4. The highest BCUT2D eigenvalue weighted by Crippen LogP contribution is 2.39. The number of nitrogens with zero attached hydrogens (tertiary/aromatic N) is 2. The fourth-order valence-electron chi connectivity index (χ4n) is 4.56. The van der Waals surface area contributed by atoms with Crippen molar-refractivity contribution in [3.05, 3.63) is 101 Å². The number of nitrogens with one attached hydrogen (secondary N) is 1. The van der Waals surface area contributed by atoms with Crippen LogP contribution in [-0.4, -0.2) is 45.3 Å². The number of likely N-dealkylation sites (tertiary alicyclic amines) is 1. The lowest BCUT2D eigenvalue weighted by molar-refractivity contribution is -0.139. The Morgan fingerprint density at radius 3 is 2.63 bits per heavy atom. The number of amides is 1. The molecule has 1 atom stereocenters. The van der Waals surface area contributed by atoms with Gasteiger partial charge in [0.2, 0.25) is 0 Å². The van der Waals surface area contributed by atoms with Gasteiger partial charge in [-0.2, -0.15) is 0 Å². The number of hydrogen-bond donors (Lipinski definition) is 2. The maximum atomic E-state index is 13.2. The minimum absolute atomic E-state index is 0.0538. The molecule has 4 aromatic rings. The standard InChI is InChI=1S/C28H25N3O4/c1-17-6-8-18(9-7-17)26(32)24-25(23-5-3-4-13-29-23)31(28(34)27(24)33)14-12-19-16-30-22-11-10-20(35-2)15-21(19)22/h3-11,13,15-16,25,30,32H,12,14H2,1-2H3/t25-/m0/s1. The molecule has 0 saturated carbocycles. The van der Waals surface area contributed by atoms with Gasteiger partial charge in [0, 0.05) is 35.4 Å². The van der Waals surface area contributed by atoms with E-state index in [0.29, 0.717) is 17.7 Å². The second-order valence-corrected chi connectivity index (χ2v) is 8.59. The molecule has 0 radical (unpaired) electrons. The van der Waals surface area contributed by atoms with Crippen molar-refractivity contribution >= 4 is 28.4 Å². The molecule has 35 heavy (non-hydrogen) atoms. The molecule has 0 unspecified atom stereocenters. The summed E-state index contributed by atoms with van der Waals surface area (Å²) in [6, 6.07) is 17.5. The third-order valence-corrected chi connectivity index (χ3v) is 6.43. The first-order chi connectivity index (χ1) is 17.0. The summed E-state index contributed by atoms with van der Waals surface area (Å²) in [5.74, 6) is -0.810. The number of methoxy groups -OCH3 is 1. The highest BCUT2D eigenvalue weighted by atomic mass is 16.5. The SMILES string of the molecule is COc1ccc2[nH]cc(CCN3C(=O)C(=O)C(=C(O)c4ccc(C)cc4)[C@@H]3c3ccccn3)c2c1. The number of pyridine rings is 1. The summed E-state index contributed by atoms with van der Waals surface area (Å²) in [7, 11) is 1.62. The molecule has 1 aliphatic heterocycles. The lowest BCUT2D eigenvalue weighted by Gasteiger charge is -2.24. The number of ketones is 1.